The minimum absolute atomic E-state index is 0.0460. The van der Waals surface area contributed by atoms with Gasteiger partial charge in [-0.05, 0) is 83.5 Å². The van der Waals surface area contributed by atoms with Crippen LogP contribution in [-0.2, 0) is 33.2 Å². The number of aliphatic hydroxyl groups excluding tert-OH is 7. The van der Waals surface area contributed by atoms with Gasteiger partial charge in [0.1, 0.15) is 54.9 Å². The van der Waals surface area contributed by atoms with Gasteiger partial charge in [-0.15, -0.1) is 0 Å². The molecule has 0 amide bonds. The zero-order valence-corrected chi connectivity index (χ0v) is 44.4. The van der Waals surface area contributed by atoms with Crippen LogP contribution in [0.25, 0.3) is 0 Å². The highest BCUT2D eigenvalue weighted by Gasteiger charge is 2.47. The third-order valence-corrected chi connectivity index (χ3v) is 12.9. The highest BCUT2D eigenvalue weighted by molar-refractivity contribution is 5.69. The molecular weight excluding hydrogens is 921 g/mol. The van der Waals surface area contributed by atoms with Gasteiger partial charge < -0.3 is 64.2 Å². The molecule has 7 N–H and O–H groups in total. The minimum atomic E-state index is -1.72. The Morgan fingerprint density at radius 3 is 1.43 bits per heavy atom. The molecule has 2 aliphatic rings. The van der Waals surface area contributed by atoms with Crippen molar-refractivity contribution in [3.63, 3.8) is 0 Å². The standard InChI is InChI=1S/C58H100O14/c1-3-5-7-9-11-13-15-17-19-21-22-23-24-25-27-29-31-33-35-37-39-41-50(60)70-47(44-67-42-40-38-36-34-32-30-28-26-20-18-16-14-12-10-8-6-4-2)45-68-57-56(66)54(64)52(62)49(72-57)46-69-58-55(65)53(63)51(61)48(43-59)71-58/h5,7,11,13,17,19-20,22-23,25-27,47-49,51-59,61-66H,3-4,6,8-10,12,14-16,18,21,24,28-46H2,1-2H3/b7-5-,13-11-,19-17-,23-22-,26-20-,27-25-. The van der Waals surface area contributed by atoms with Gasteiger partial charge in [-0.3, -0.25) is 4.79 Å². The second kappa shape index (κ2) is 44.7. The zero-order valence-electron chi connectivity index (χ0n) is 44.4. The SMILES string of the molecule is CC/C=C\C/C=C\C/C=C\C/C=C\C/C=C\CCCCCCCC(=O)OC(COCCCCCCCC/C=C\CCCCCCCCC)COC1OC(COC2OC(CO)C(O)C(O)C2O)C(O)C(O)C1O. The third kappa shape index (κ3) is 31.3. The van der Waals surface area contributed by atoms with Crippen molar-refractivity contribution >= 4 is 5.97 Å². The largest absolute Gasteiger partial charge is 0.457 e. The zero-order chi connectivity index (χ0) is 52.3. The highest BCUT2D eigenvalue weighted by atomic mass is 16.7. The molecule has 0 bridgehead atoms. The molecule has 72 heavy (non-hydrogen) atoms. The van der Waals surface area contributed by atoms with Crippen molar-refractivity contribution in [1.82, 2.24) is 0 Å². The Labute approximate surface area is 434 Å². The summed E-state index contributed by atoms with van der Waals surface area (Å²) in [6.45, 7) is 3.53. The van der Waals surface area contributed by atoms with E-state index in [4.69, 9.17) is 28.4 Å². The van der Waals surface area contributed by atoms with E-state index >= 15 is 0 Å². The van der Waals surface area contributed by atoms with Gasteiger partial charge in [0.15, 0.2) is 12.6 Å². The van der Waals surface area contributed by atoms with E-state index in [1.54, 1.807) is 0 Å². The molecule has 0 aliphatic carbocycles. The molecule has 0 aromatic carbocycles. The van der Waals surface area contributed by atoms with E-state index in [0.29, 0.717) is 13.0 Å². The molecule has 0 saturated carbocycles. The molecule has 14 nitrogen and oxygen atoms in total. The Morgan fingerprint density at radius 1 is 0.472 bits per heavy atom. The predicted molar refractivity (Wildman–Crippen MR) is 284 cm³/mol. The van der Waals surface area contributed by atoms with Gasteiger partial charge in [-0.1, -0.05) is 170 Å². The Morgan fingerprint density at radius 2 is 0.903 bits per heavy atom. The van der Waals surface area contributed by atoms with Crippen molar-refractivity contribution in [2.24, 2.45) is 0 Å². The van der Waals surface area contributed by atoms with E-state index in [1.165, 1.54) is 70.6 Å². The van der Waals surface area contributed by atoms with Crippen LogP contribution in [0.4, 0.5) is 0 Å². The predicted octanol–water partition coefficient (Wildman–Crippen LogP) is 9.47. The summed E-state index contributed by atoms with van der Waals surface area (Å²) in [6.07, 6.45) is 39.5. The van der Waals surface area contributed by atoms with Crippen molar-refractivity contribution in [1.29, 1.82) is 0 Å². The molecule has 416 valence electrons. The van der Waals surface area contributed by atoms with Crippen LogP contribution in [0, 0.1) is 0 Å². The summed E-state index contributed by atoms with van der Waals surface area (Å²) in [6, 6.07) is 0. The molecule has 0 aromatic rings. The maximum absolute atomic E-state index is 13.1. The minimum Gasteiger partial charge on any atom is -0.457 e. The highest BCUT2D eigenvalue weighted by Crippen LogP contribution is 2.26. The Hall–Kier alpha value is -2.57. The summed E-state index contributed by atoms with van der Waals surface area (Å²) in [5.41, 5.74) is 0. The van der Waals surface area contributed by atoms with Gasteiger partial charge in [0, 0.05) is 13.0 Å². The lowest BCUT2D eigenvalue weighted by atomic mass is 9.98. The lowest BCUT2D eigenvalue weighted by Crippen LogP contribution is -2.61. The first-order valence-corrected chi connectivity index (χ1v) is 28.0. The van der Waals surface area contributed by atoms with E-state index in [-0.39, 0.29) is 19.6 Å². The van der Waals surface area contributed by atoms with Gasteiger partial charge in [-0.25, -0.2) is 0 Å². The van der Waals surface area contributed by atoms with Gasteiger partial charge >= 0.3 is 5.97 Å². The smallest absolute Gasteiger partial charge is 0.306 e. The molecule has 14 heteroatoms. The van der Waals surface area contributed by atoms with Crippen LogP contribution in [0.2, 0.25) is 0 Å². The van der Waals surface area contributed by atoms with Crippen LogP contribution in [-0.4, -0.2) is 142 Å². The molecule has 0 radical (unpaired) electrons. The van der Waals surface area contributed by atoms with Crippen molar-refractivity contribution in [3.8, 4) is 0 Å². The fourth-order valence-electron chi connectivity index (χ4n) is 8.42. The second-order valence-corrected chi connectivity index (χ2v) is 19.4. The number of aliphatic hydroxyl groups is 7. The monoisotopic (exact) mass is 1020 g/mol. The lowest BCUT2D eigenvalue weighted by Gasteiger charge is -2.42. The van der Waals surface area contributed by atoms with Crippen molar-refractivity contribution in [2.75, 3.05) is 33.0 Å². The first kappa shape index (κ1) is 65.5. The number of unbranched alkanes of at least 4 members (excludes halogenated alkanes) is 18. The molecule has 2 fully saturated rings. The van der Waals surface area contributed by atoms with Crippen LogP contribution >= 0.6 is 0 Å². The third-order valence-electron chi connectivity index (χ3n) is 12.9. The van der Waals surface area contributed by atoms with Crippen LogP contribution in [0.5, 0.6) is 0 Å². The Kier molecular flexibility index (Phi) is 40.7. The summed E-state index contributed by atoms with van der Waals surface area (Å²) in [5.74, 6) is -0.398. The van der Waals surface area contributed by atoms with E-state index in [9.17, 15) is 40.5 Å². The molecule has 2 aliphatic heterocycles. The molecule has 0 aromatic heterocycles. The Bertz CT molecular complexity index is 1460. The van der Waals surface area contributed by atoms with Crippen LogP contribution in [0.3, 0.4) is 0 Å². The number of carbonyl (C=O) groups is 1. The summed E-state index contributed by atoms with van der Waals surface area (Å²) in [4.78, 5) is 13.1. The molecular formula is C58H100O14. The van der Waals surface area contributed by atoms with Crippen molar-refractivity contribution in [3.05, 3.63) is 72.9 Å². The van der Waals surface area contributed by atoms with Gasteiger partial charge in [0.2, 0.25) is 0 Å². The number of esters is 1. The summed E-state index contributed by atoms with van der Waals surface area (Å²) >= 11 is 0. The van der Waals surface area contributed by atoms with Gasteiger partial charge in [-0.2, -0.15) is 0 Å². The number of hydrogen-bond acceptors (Lipinski definition) is 14. The number of carbonyl (C=O) groups excluding carboxylic acids is 1. The normalized spacial score (nSPS) is 25.7. The van der Waals surface area contributed by atoms with Crippen LogP contribution < -0.4 is 0 Å². The van der Waals surface area contributed by atoms with Gasteiger partial charge in [0.05, 0.1) is 26.4 Å². The number of hydrogen-bond donors (Lipinski definition) is 7. The molecule has 2 rings (SSSR count). The lowest BCUT2D eigenvalue weighted by molar-refractivity contribution is -0.332. The second-order valence-electron chi connectivity index (χ2n) is 19.4. The van der Waals surface area contributed by atoms with Gasteiger partial charge in [0.25, 0.3) is 0 Å². The molecule has 11 unspecified atom stereocenters. The maximum atomic E-state index is 13.1. The number of allylic oxidation sites excluding steroid dienone is 12. The fourth-order valence-corrected chi connectivity index (χ4v) is 8.42. The molecule has 0 spiro atoms. The van der Waals surface area contributed by atoms with E-state index in [0.717, 1.165) is 89.9 Å². The Balaban J connectivity index is 1.75. The summed E-state index contributed by atoms with van der Waals surface area (Å²) in [7, 11) is 0. The van der Waals surface area contributed by atoms with E-state index in [1.807, 2.05) is 0 Å². The topological polar surface area (TPSA) is 214 Å². The average molecular weight is 1020 g/mol. The summed E-state index contributed by atoms with van der Waals surface area (Å²) < 4.78 is 34.3. The maximum Gasteiger partial charge on any atom is 0.306 e. The first-order valence-electron chi connectivity index (χ1n) is 28.0. The van der Waals surface area contributed by atoms with Crippen LogP contribution in [0.1, 0.15) is 187 Å². The van der Waals surface area contributed by atoms with Crippen LogP contribution in [0.15, 0.2) is 72.9 Å². The average Bonchev–Trinajstić information content (AvgIpc) is 3.38. The van der Waals surface area contributed by atoms with E-state index < -0.39 is 86.7 Å². The van der Waals surface area contributed by atoms with Crippen molar-refractivity contribution < 1.29 is 69.0 Å². The van der Waals surface area contributed by atoms with Crippen molar-refractivity contribution in [2.45, 2.75) is 255 Å². The quantitative estimate of drug-likeness (QED) is 0.0172. The van der Waals surface area contributed by atoms with E-state index in [2.05, 4.69) is 86.8 Å². The number of ether oxygens (including phenoxy) is 6. The molecule has 2 saturated heterocycles. The first-order chi connectivity index (χ1) is 35.1. The molecule has 11 atom stereocenters. The fraction of sp³-hybridized carbons (Fsp3) is 0.776. The number of rotatable bonds is 44. The summed E-state index contributed by atoms with van der Waals surface area (Å²) in [5, 5.41) is 72.3. The molecule has 2 heterocycles.